The highest BCUT2D eigenvalue weighted by molar-refractivity contribution is 9.10. The van der Waals surface area contributed by atoms with Crippen LogP contribution in [0.4, 0.5) is 0 Å². The summed E-state index contributed by atoms with van der Waals surface area (Å²) in [5, 5.41) is 0. The molecule has 1 spiro atoms. The molecule has 0 saturated carbocycles. The lowest BCUT2D eigenvalue weighted by Gasteiger charge is -2.31. The maximum atomic E-state index is 14.2. The number of benzene rings is 4. The summed E-state index contributed by atoms with van der Waals surface area (Å²) in [6.45, 7) is 0. The zero-order valence-electron chi connectivity index (χ0n) is 20.2. The Morgan fingerprint density at radius 3 is 1.84 bits per heavy atom. The van der Waals surface area contributed by atoms with Crippen molar-refractivity contribution in [2.24, 2.45) is 0 Å². The number of hydrogen-bond donors (Lipinski definition) is 0. The molecule has 0 unspecified atom stereocenters. The first-order valence-corrected chi connectivity index (χ1v) is 14.0. The fraction of sp³-hybridized carbons (Fsp3) is 0.156. The standard InChI is InChI=1S/C32H22Br2O4/c33-21-13-9-19(10-14-21)28(35)17-27-23-5-1-2-6-24(23)31(37)32(27)26-8-4-3-7-25(26)30(38-32)18-29(36)20-11-15-22(34)16-12-20/h1-16,27,30H,17-18H2/t27-,30-,32+/m1/s1. The van der Waals surface area contributed by atoms with E-state index in [1.54, 1.807) is 30.3 Å². The lowest BCUT2D eigenvalue weighted by Crippen LogP contribution is -2.37. The molecule has 0 saturated heterocycles. The highest BCUT2D eigenvalue weighted by Crippen LogP contribution is 2.59. The van der Waals surface area contributed by atoms with Gasteiger partial charge in [-0.05, 0) is 41.0 Å². The molecule has 38 heavy (non-hydrogen) atoms. The zero-order valence-corrected chi connectivity index (χ0v) is 23.4. The van der Waals surface area contributed by atoms with Gasteiger partial charge in [-0.1, -0.05) is 105 Å². The molecular formula is C32H22Br2O4. The lowest BCUT2D eigenvalue weighted by atomic mass is 9.77. The van der Waals surface area contributed by atoms with Gasteiger partial charge in [0.2, 0.25) is 0 Å². The minimum absolute atomic E-state index is 0.0677. The SMILES string of the molecule is O=C(C[C@@H]1c2ccccc2C(=O)[C@@]12O[C@H](CC(=O)c1ccc(Br)cc1)c1ccccc12)c1ccc(Br)cc1. The van der Waals surface area contributed by atoms with E-state index in [0.717, 1.165) is 25.6 Å². The number of rotatable bonds is 6. The van der Waals surface area contributed by atoms with E-state index in [9.17, 15) is 14.4 Å². The van der Waals surface area contributed by atoms with Gasteiger partial charge in [0.05, 0.1) is 6.10 Å². The predicted octanol–water partition coefficient (Wildman–Crippen LogP) is 8.00. The van der Waals surface area contributed by atoms with E-state index in [1.165, 1.54) is 0 Å². The summed E-state index contributed by atoms with van der Waals surface area (Å²) in [6.07, 6.45) is -0.408. The van der Waals surface area contributed by atoms with E-state index in [-0.39, 0.29) is 30.2 Å². The van der Waals surface area contributed by atoms with Crippen molar-refractivity contribution in [3.63, 3.8) is 0 Å². The minimum Gasteiger partial charge on any atom is -0.353 e. The summed E-state index contributed by atoms with van der Waals surface area (Å²) >= 11 is 6.83. The molecule has 6 heteroatoms. The summed E-state index contributed by atoms with van der Waals surface area (Å²) in [4.78, 5) is 40.9. The molecule has 4 aromatic carbocycles. The van der Waals surface area contributed by atoms with Gasteiger partial charge in [-0.3, -0.25) is 14.4 Å². The molecule has 6 rings (SSSR count). The van der Waals surface area contributed by atoms with Crippen LogP contribution in [0.5, 0.6) is 0 Å². The second-order valence-electron chi connectivity index (χ2n) is 9.67. The molecule has 2 aliphatic rings. The summed E-state index contributed by atoms with van der Waals surface area (Å²) in [7, 11) is 0. The normalized spacial score (nSPS) is 21.4. The molecule has 4 aromatic rings. The number of ketones is 3. The van der Waals surface area contributed by atoms with E-state index < -0.39 is 17.6 Å². The average molecular weight is 630 g/mol. The molecule has 0 radical (unpaired) electrons. The number of carbonyl (C=O) groups is 3. The zero-order chi connectivity index (χ0) is 26.4. The third-order valence-corrected chi connectivity index (χ3v) is 8.59. The molecule has 0 amide bonds. The van der Waals surface area contributed by atoms with Crippen molar-refractivity contribution in [2.45, 2.75) is 30.5 Å². The number of fused-ring (bicyclic) bond motifs is 3. The van der Waals surface area contributed by atoms with Gasteiger partial charge in [-0.15, -0.1) is 0 Å². The molecule has 188 valence electrons. The third-order valence-electron chi connectivity index (χ3n) is 7.54. The number of ether oxygens (including phenoxy) is 1. The number of halogens is 2. The molecule has 4 nitrogen and oxygen atoms in total. The predicted molar refractivity (Wildman–Crippen MR) is 152 cm³/mol. The van der Waals surface area contributed by atoms with Crippen LogP contribution in [0.15, 0.2) is 106 Å². The Bertz CT molecular complexity index is 1580. The molecule has 3 atom stereocenters. The maximum Gasteiger partial charge on any atom is 0.200 e. The number of hydrogen-bond acceptors (Lipinski definition) is 4. The third kappa shape index (κ3) is 4.12. The van der Waals surface area contributed by atoms with E-state index in [4.69, 9.17) is 4.74 Å². The molecule has 1 aliphatic carbocycles. The van der Waals surface area contributed by atoms with Crippen molar-refractivity contribution in [2.75, 3.05) is 0 Å². The number of Topliss-reactive ketones (excluding diaryl/α,β-unsaturated/α-hetero) is 3. The van der Waals surface area contributed by atoms with Crippen LogP contribution in [0.1, 0.15) is 72.6 Å². The minimum atomic E-state index is -1.37. The van der Waals surface area contributed by atoms with Gasteiger partial charge < -0.3 is 4.74 Å². The van der Waals surface area contributed by atoms with Crippen molar-refractivity contribution < 1.29 is 19.1 Å². The van der Waals surface area contributed by atoms with Gasteiger partial charge >= 0.3 is 0 Å². The van der Waals surface area contributed by atoms with Gasteiger partial charge in [0.25, 0.3) is 0 Å². The van der Waals surface area contributed by atoms with Gasteiger partial charge in [0, 0.05) is 44.4 Å². The van der Waals surface area contributed by atoms with Crippen molar-refractivity contribution >= 4 is 49.2 Å². The van der Waals surface area contributed by atoms with Crippen molar-refractivity contribution in [1.82, 2.24) is 0 Å². The van der Waals surface area contributed by atoms with Crippen LogP contribution < -0.4 is 0 Å². The van der Waals surface area contributed by atoms with Crippen LogP contribution in [0.2, 0.25) is 0 Å². The molecular weight excluding hydrogens is 608 g/mol. The monoisotopic (exact) mass is 628 g/mol. The molecule has 0 fully saturated rings. The summed E-state index contributed by atoms with van der Waals surface area (Å²) < 4.78 is 8.50. The first kappa shape index (κ1) is 25.1. The average Bonchev–Trinajstić information content (AvgIpc) is 3.38. The van der Waals surface area contributed by atoms with Crippen LogP contribution in [0, 0.1) is 0 Å². The Labute approximate surface area is 237 Å². The van der Waals surface area contributed by atoms with E-state index in [0.29, 0.717) is 16.7 Å². The first-order valence-electron chi connectivity index (χ1n) is 12.4. The van der Waals surface area contributed by atoms with E-state index in [2.05, 4.69) is 31.9 Å². The Morgan fingerprint density at radius 2 is 1.21 bits per heavy atom. The second-order valence-corrected chi connectivity index (χ2v) is 11.5. The fourth-order valence-electron chi connectivity index (χ4n) is 5.76. The van der Waals surface area contributed by atoms with Crippen LogP contribution in [-0.4, -0.2) is 17.3 Å². The molecule has 0 N–H and O–H groups in total. The van der Waals surface area contributed by atoms with Crippen LogP contribution >= 0.6 is 31.9 Å². The smallest absolute Gasteiger partial charge is 0.200 e. The van der Waals surface area contributed by atoms with Gasteiger partial charge in [0.1, 0.15) is 0 Å². The Hall–Kier alpha value is -3.19. The van der Waals surface area contributed by atoms with Gasteiger partial charge in [-0.25, -0.2) is 0 Å². The fourth-order valence-corrected chi connectivity index (χ4v) is 6.29. The van der Waals surface area contributed by atoms with Crippen LogP contribution in [-0.2, 0) is 10.3 Å². The van der Waals surface area contributed by atoms with Gasteiger partial charge in [0.15, 0.2) is 23.0 Å². The maximum absolute atomic E-state index is 14.2. The van der Waals surface area contributed by atoms with Crippen LogP contribution in [0.25, 0.3) is 0 Å². The van der Waals surface area contributed by atoms with Crippen LogP contribution in [0.3, 0.4) is 0 Å². The molecule has 0 bridgehead atoms. The van der Waals surface area contributed by atoms with Crippen molar-refractivity contribution in [3.8, 4) is 0 Å². The Morgan fingerprint density at radius 1 is 0.684 bits per heavy atom. The molecule has 1 heterocycles. The summed E-state index contributed by atoms with van der Waals surface area (Å²) in [5.74, 6) is -0.814. The Balaban J connectivity index is 1.41. The van der Waals surface area contributed by atoms with E-state index in [1.807, 2.05) is 66.7 Å². The van der Waals surface area contributed by atoms with Crippen molar-refractivity contribution in [3.05, 3.63) is 139 Å². The first-order chi connectivity index (χ1) is 18.4. The lowest BCUT2D eigenvalue weighted by molar-refractivity contribution is -0.0643. The highest BCUT2D eigenvalue weighted by atomic mass is 79.9. The quantitative estimate of drug-likeness (QED) is 0.203. The highest BCUT2D eigenvalue weighted by Gasteiger charge is 2.61. The topological polar surface area (TPSA) is 60.4 Å². The Kier molecular flexibility index (Phi) is 6.50. The van der Waals surface area contributed by atoms with E-state index >= 15 is 0 Å². The van der Waals surface area contributed by atoms with Crippen molar-refractivity contribution in [1.29, 1.82) is 0 Å². The van der Waals surface area contributed by atoms with Gasteiger partial charge in [-0.2, -0.15) is 0 Å². The molecule has 0 aromatic heterocycles. The number of carbonyl (C=O) groups excluding carboxylic acids is 3. The second kappa shape index (κ2) is 9.84. The summed E-state index contributed by atoms with van der Waals surface area (Å²) in [6, 6.07) is 29.5. The largest absolute Gasteiger partial charge is 0.353 e. The summed E-state index contributed by atoms with van der Waals surface area (Å²) in [5.41, 5.74) is 2.72. The molecule has 1 aliphatic heterocycles.